The largest absolute Gasteiger partial charge is 0.352 e. The molecule has 1 atom stereocenters. The Hall–Kier alpha value is -1.10. The zero-order chi connectivity index (χ0) is 13.6. The maximum Gasteiger partial charge on any atom is 0.239 e. The third kappa shape index (κ3) is 5.68. The average Bonchev–Trinajstić information content (AvgIpc) is 2.16. The number of likely N-dealkylation sites (N-methyl/N-ethyl adjacent to an activating group) is 1. The van der Waals surface area contributed by atoms with Crippen molar-refractivity contribution in [2.45, 2.75) is 33.7 Å². The molecule has 100 valence electrons. The summed E-state index contributed by atoms with van der Waals surface area (Å²) in [5.74, 6) is -0.244. The maximum atomic E-state index is 12.0. The highest BCUT2D eigenvalue weighted by Crippen LogP contribution is 2.11. The van der Waals surface area contributed by atoms with Crippen LogP contribution in [0.4, 0.5) is 0 Å². The number of hydrogen-bond donors (Lipinski definition) is 2. The van der Waals surface area contributed by atoms with Crippen LogP contribution in [0.5, 0.6) is 0 Å². The van der Waals surface area contributed by atoms with Crippen molar-refractivity contribution in [3.05, 3.63) is 0 Å². The lowest BCUT2D eigenvalue weighted by Gasteiger charge is -2.25. The van der Waals surface area contributed by atoms with E-state index in [9.17, 15) is 9.59 Å². The fourth-order valence-electron chi connectivity index (χ4n) is 1.60. The SMILES string of the molecule is CC(C)NC(=O)CN(C)C(=O)C(CN)C(C)C. The second kappa shape index (κ2) is 7.27. The number of carbonyl (C=O) groups excluding carboxylic acids is 2. The molecule has 0 fully saturated rings. The molecule has 17 heavy (non-hydrogen) atoms. The quantitative estimate of drug-likeness (QED) is 0.700. The highest BCUT2D eigenvalue weighted by Gasteiger charge is 2.24. The van der Waals surface area contributed by atoms with Gasteiger partial charge in [-0.05, 0) is 19.8 Å². The second-order valence-electron chi connectivity index (χ2n) is 5.00. The van der Waals surface area contributed by atoms with Gasteiger partial charge in [0.15, 0.2) is 0 Å². The van der Waals surface area contributed by atoms with Crippen molar-refractivity contribution in [2.75, 3.05) is 20.1 Å². The van der Waals surface area contributed by atoms with Crippen LogP contribution in [0, 0.1) is 11.8 Å². The Morgan fingerprint density at radius 2 is 1.76 bits per heavy atom. The molecule has 0 spiro atoms. The highest BCUT2D eigenvalue weighted by molar-refractivity contribution is 5.86. The lowest BCUT2D eigenvalue weighted by molar-refractivity contribution is -0.139. The topological polar surface area (TPSA) is 75.4 Å². The highest BCUT2D eigenvalue weighted by atomic mass is 16.2. The lowest BCUT2D eigenvalue weighted by atomic mass is 9.94. The summed E-state index contributed by atoms with van der Waals surface area (Å²) in [4.78, 5) is 25.0. The van der Waals surface area contributed by atoms with Crippen LogP contribution in [-0.2, 0) is 9.59 Å². The predicted molar refractivity (Wildman–Crippen MR) is 68.3 cm³/mol. The summed E-state index contributed by atoms with van der Waals surface area (Å²) in [7, 11) is 1.63. The minimum Gasteiger partial charge on any atom is -0.352 e. The molecule has 0 rings (SSSR count). The Balaban J connectivity index is 4.35. The van der Waals surface area contributed by atoms with Crippen LogP contribution >= 0.6 is 0 Å². The first-order valence-electron chi connectivity index (χ1n) is 6.04. The minimum atomic E-state index is -0.216. The van der Waals surface area contributed by atoms with E-state index >= 15 is 0 Å². The summed E-state index contributed by atoms with van der Waals surface area (Å²) in [6.45, 7) is 8.08. The van der Waals surface area contributed by atoms with Crippen molar-refractivity contribution in [2.24, 2.45) is 17.6 Å². The molecule has 0 aromatic rings. The molecule has 0 bridgehead atoms. The first-order valence-corrected chi connectivity index (χ1v) is 6.04. The number of nitrogens with two attached hydrogens (primary N) is 1. The van der Waals surface area contributed by atoms with Gasteiger partial charge < -0.3 is 16.0 Å². The Morgan fingerprint density at radius 3 is 2.12 bits per heavy atom. The van der Waals surface area contributed by atoms with E-state index in [2.05, 4.69) is 5.32 Å². The van der Waals surface area contributed by atoms with Gasteiger partial charge in [-0.25, -0.2) is 0 Å². The van der Waals surface area contributed by atoms with E-state index in [1.165, 1.54) is 4.90 Å². The van der Waals surface area contributed by atoms with Crippen LogP contribution < -0.4 is 11.1 Å². The van der Waals surface area contributed by atoms with Crippen LogP contribution in [0.15, 0.2) is 0 Å². The van der Waals surface area contributed by atoms with Gasteiger partial charge >= 0.3 is 0 Å². The molecule has 1 unspecified atom stereocenters. The zero-order valence-electron chi connectivity index (χ0n) is 11.5. The fourth-order valence-corrected chi connectivity index (χ4v) is 1.60. The molecule has 3 N–H and O–H groups in total. The van der Waals surface area contributed by atoms with Gasteiger partial charge in [-0.2, -0.15) is 0 Å². The van der Waals surface area contributed by atoms with Gasteiger partial charge in [0.1, 0.15) is 0 Å². The lowest BCUT2D eigenvalue weighted by Crippen LogP contribution is -2.45. The summed E-state index contributed by atoms with van der Waals surface area (Å²) < 4.78 is 0. The van der Waals surface area contributed by atoms with E-state index in [4.69, 9.17) is 5.73 Å². The van der Waals surface area contributed by atoms with Gasteiger partial charge in [-0.15, -0.1) is 0 Å². The Morgan fingerprint density at radius 1 is 1.24 bits per heavy atom. The van der Waals surface area contributed by atoms with Gasteiger partial charge in [0.05, 0.1) is 12.5 Å². The molecule has 0 aliphatic carbocycles. The van der Waals surface area contributed by atoms with Crippen LogP contribution in [0.2, 0.25) is 0 Å². The van der Waals surface area contributed by atoms with Crippen molar-refractivity contribution in [1.29, 1.82) is 0 Å². The van der Waals surface area contributed by atoms with Gasteiger partial charge in [-0.3, -0.25) is 9.59 Å². The monoisotopic (exact) mass is 243 g/mol. The normalized spacial score (nSPS) is 12.7. The summed E-state index contributed by atoms with van der Waals surface area (Å²) >= 11 is 0. The standard InChI is InChI=1S/C12H25N3O2/c1-8(2)10(6-13)12(17)15(5)7-11(16)14-9(3)4/h8-10H,6-7,13H2,1-5H3,(H,14,16). The molecule has 5 nitrogen and oxygen atoms in total. The molecule has 0 aromatic heterocycles. The van der Waals surface area contributed by atoms with Crippen LogP contribution in [0.1, 0.15) is 27.7 Å². The summed E-state index contributed by atoms with van der Waals surface area (Å²) in [6, 6.07) is 0.0846. The van der Waals surface area contributed by atoms with Gasteiger partial charge in [-0.1, -0.05) is 13.8 Å². The van der Waals surface area contributed by atoms with Gasteiger partial charge in [0.2, 0.25) is 11.8 Å². The van der Waals surface area contributed by atoms with E-state index in [-0.39, 0.29) is 36.2 Å². The van der Waals surface area contributed by atoms with Crippen molar-refractivity contribution >= 4 is 11.8 Å². The smallest absolute Gasteiger partial charge is 0.239 e. The van der Waals surface area contributed by atoms with E-state index in [0.717, 1.165) is 0 Å². The van der Waals surface area contributed by atoms with Gasteiger partial charge in [0.25, 0.3) is 0 Å². The number of nitrogens with one attached hydrogen (secondary N) is 1. The van der Waals surface area contributed by atoms with Crippen LogP contribution in [0.3, 0.4) is 0 Å². The molecule has 0 saturated carbocycles. The molecule has 0 aromatic carbocycles. The van der Waals surface area contributed by atoms with E-state index in [1.807, 2.05) is 27.7 Å². The molecular weight excluding hydrogens is 218 g/mol. The Bertz CT molecular complexity index is 264. The number of carbonyl (C=O) groups is 2. The third-order valence-corrected chi connectivity index (χ3v) is 2.58. The number of amides is 2. The zero-order valence-corrected chi connectivity index (χ0v) is 11.5. The van der Waals surface area contributed by atoms with Gasteiger partial charge in [0, 0.05) is 19.6 Å². The number of nitrogens with zero attached hydrogens (tertiary/aromatic N) is 1. The molecule has 0 radical (unpaired) electrons. The molecule has 0 aliphatic heterocycles. The van der Waals surface area contributed by atoms with Crippen LogP contribution in [-0.4, -0.2) is 42.9 Å². The fraction of sp³-hybridized carbons (Fsp3) is 0.833. The van der Waals surface area contributed by atoms with Crippen molar-refractivity contribution in [1.82, 2.24) is 10.2 Å². The summed E-state index contributed by atoms with van der Waals surface area (Å²) in [5, 5.41) is 2.75. The average molecular weight is 243 g/mol. The molecule has 0 saturated heterocycles. The first kappa shape index (κ1) is 15.9. The minimum absolute atomic E-state index is 0.0681. The van der Waals surface area contributed by atoms with E-state index < -0.39 is 0 Å². The predicted octanol–water partition coefficient (Wildman–Crippen LogP) is 0.200. The molecule has 5 heteroatoms. The molecule has 2 amide bonds. The summed E-state index contributed by atoms with van der Waals surface area (Å²) in [6.07, 6.45) is 0. The molecule has 0 aliphatic rings. The van der Waals surface area contributed by atoms with Crippen molar-refractivity contribution < 1.29 is 9.59 Å². The Kier molecular flexibility index (Phi) is 6.80. The first-order chi connectivity index (χ1) is 7.79. The molecule has 0 heterocycles. The van der Waals surface area contributed by atoms with Crippen LogP contribution in [0.25, 0.3) is 0 Å². The molecular formula is C12H25N3O2. The summed E-state index contributed by atoms with van der Waals surface area (Å²) in [5.41, 5.74) is 5.58. The number of rotatable bonds is 6. The second-order valence-corrected chi connectivity index (χ2v) is 5.00. The Labute approximate surface area is 104 Å². The maximum absolute atomic E-state index is 12.0. The van der Waals surface area contributed by atoms with E-state index in [1.54, 1.807) is 7.05 Å². The third-order valence-electron chi connectivity index (χ3n) is 2.58. The van der Waals surface area contributed by atoms with Crippen molar-refractivity contribution in [3.63, 3.8) is 0 Å². The van der Waals surface area contributed by atoms with E-state index in [0.29, 0.717) is 6.54 Å². The van der Waals surface area contributed by atoms with Crippen molar-refractivity contribution in [3.8, 4) is 0 Å². The number of hydrogen-bond acceptors (Lipinski definition) is 3.